The first-order valence-electron chi connectivity index (χ1n) is 7.23. The molecule has 4 heteroatoms. The Bertz CT molecular complexity index is 369. The Morgan fingerprint density at radius 3 is 2.00 bits per heavy atom. The van der Waals surface area contributed by atoms with Gasteiger partial charge in [0, 0.05) is 56.7 Å². The van der Waals surface area contributed by atoms with E-state index in [1.165, 1.54) is 5.56 Å². The molecule has 0 spiro atoms. The van der Waals surface area contributed by atoms with Crippen molar-refractivity contribution >= 4 is 0 Å². The quantitative estimate of drug-likeness (QED) is 0.893. The molecule has 1 fully saturated rings. The predicted octanol–water partition coefficient (Wildman–Crippen LogP) is 1.50. The lowest BCUT2D eigenvalue weighted by Crippen LogP contribution is -2.52. The Kier molecular flexibility index (Phi) is 4.91. The van der Waals surface area contributed by atoms with Gasteiger partial charge in [-0.2, -0.15) is 0 Å². The lowest BCUT2D eigenvalue weighted by Gasteiger charge is -2.42. The molecule has 0 amide bonds. The largest absolute Gasteiger partial charge is 0.326 e. The van der Waals surface area contributed by atoms with Crippen molar-refractivity contribution in [2.24, 2.45) is 5.73 Å². The SMILES string of the molecule is CC(N)C(c1ccncc1)N1CCN(C(C)C)CC1. The highest BCUT2D eigenvalue weighted by molar-refractivity contribution is 5.17. The zero-order valence-corrected chi connectivity index (χ0v) is 12.3. The number of hydrogen-bond acceptors (Lipinski definition) is 4. The van der Waals surface area contributed by atoms with E-state index in [0.717, 1.165) is 26.2 Å². The molecule has 1 aromatic heterocycles. The van der Waals surface area contributed by atoms with Crippen LogP contribution < -0.4 is 5.73 Å². The lowest BCUT2D eigenvalue weighted by molar-refractivity contribution is 0.0705. The molecule has 2 unspecified atom stereocenters. The maximum atomic E-state index is 6.22. The highest BCUT2D eigenvalue weighted by Crippen LogP contribution is 2.24. The first-order valence-corrected chi connectivity index (χ1v) is 7.23. The van der Waals surface area contributed by atoms with Gasteiger partial charge in [-0.1, -0.05) is 0 Å². The molecule has 1 aromatic rings. The number of piperazine rings is 1. The minimum absolute atomic E-state index is 0.132. The van der Waals surface area contributed by atoms with E-state index >= 15 is 0 Å². The van der Waals surface area contributed by atoms with Gasteiger partial charge in [-0.25, -0.2) is 0 Å². The van der Waals surface area contributed by atoms with Crippen molar-refractivity contribution in [3.05, 3.63) is 30.1 Å². The van der Waals surface area contributed by atoms with E-state index in [0.29, 0.717) is 12.1 Å². The standard InChI is InChI=1S/C15H26N4/c1-12(2)18-8-10-19(11-9-18)15(13(3)16)14-4-6-17-7-5-14/h4-7,12-13,15H,8-11,16H2,1-3H3. The molecular formula is C15H26N4. The van der Waals surface area contributed by atoms with Crippen LogP contribution in [0.5, 0.6) is 0 Å². The molecule has 19 heavy (non-hydrogen) atoms. The molecule has 2 rings (SSSR count). The van der Waals surface area contributed by atoms with Crippen LogP contribution in [-0.2, 0) is 0 Å². The molecule has 4 nitrogen and oxygen atoms in total. The summed E-state index contributed by atoms with van der Waals surface area (Å²) in [6, 6.07) is 5.24. The first-order chi connectivity index (χ1) is 9.09. The van der Waals surface area contributed by atoms with Gasteiger partial charge in [0.15, 0.2) is 0 Å². The third kappa shape index (κ3) is 3.53. The monoisotopic (exact) mass is 262 g/mol. The molecule has 0 aliphatic carbocycles. The fraction of sp³-hybridized carbons (Fsp3) is 0.667. The summed E-state index contributed by atoms with van der Waals surface area (Å²) in [5.74, 6) is 0. The number of nitrogens with two attached hydrogens (primary N) is 1. The Hall–Kier alpha value is -0.970. The molecule has 1 aliphatic rings. The fourth-order valence-electron chi connectivity index (χ4n) is 2.94. The normalized spacial score (nSPS) is 21.5. The average molecular weight is 262 g/mol. The Labute approximate surface area is 116 Å². The topological polar surface area (TPSA) is 45.4 Å². The third-order valence-corrected chi connectivity index (χ3v) is 4.02. The summed E-state index contributed by atoms with van der Waals surface area (Å²) in [7, 11) is 0. The number of hydrogen-bond donors (Lipinski definition) is 1. The van der Waals surface area contributed by atoms with Crippen LogP contribution in [0.3, 0.4) is 0 Å². The van der Waals surface area contributed by atoms with Crippen molar-refractivity contribution in [2.75, 3.05) is 26.2 Å². The van der Waals surface area contributed by atoms with Crippen molar-refractivity contribution in [3.8, 4) is 0 Å². The van der Waals surface area contributed by atoms with Crippen LogP contribution in [0, 0.1) is 0 Å². The van der Waals surface area contributed by atoms with Gasteiger partial charge < -0.3 is 5.73 Å². The van der Waals surface area contributed by atoms with Gasteiger partial charge in [0.1, 0.15) is 0 Å². The summed E-state index contributed by atoms with van der Waals surface area (Å²) < 4.78 is 0. The molecule has 1 aliphatic heterocycles. The lowest BCUT2D eigenvalue weighted by atomic mass is 9.99. The smallest absolute Gasteiger partial charge is 0.0498 e. The zero-order chi connectivity index (χ0) is 13.8. The van der Waals surface area contributed by atoms with Gasteiger partial charge in [-0.3, -0.25) is 14.8 Å². The van der Waals surface area contributed by atoms with Crippen molar-refractivity contribution in [3.63, 3.8) is 0 Å². The summed E-state index contributed by atoms with van der Waals surface area (Å²) in [5.41, 5.74) is 7.50. The second kappa shape index (κ2) is 6.46. The summed E-state index contributed by atoms with van der Waals surface area (Å²) in [6.45, 7) is 11.1. The fourth-order valence-corrected chi connectivity index (χ4v) is 2.94. The van der Waals surface area contributed by atoms with E-state index in [-0.39, 0.29) is 6.04 Å². The molecule has 0 bridgehead atoms. The first kappa shape index (κ1) is 14.4. The minimum Gasteiger partial charge on any atom is -0.326 e. The maximum Gasteiger partial charge on any atom is 0.0498 e. The van der Waals surface area contributed by atoms with Crippen molar-refractivity contribution in [1.29, 1.82) is 0 Å². The van der Waals surface area contributed by atoms with Gasteiger partial charge in [-0.15, -0.1) is 0 Å². The highest BCUT2D eigenvalue weighted by Gasteiger charge is 2.28. The van der Waals surface area contributed by atoms with Gasteiger partial charge in [-0.05, 0) is 38.5 Å². The molecular weight excluding hydrogens is 236 g/mol. The number of rotatable bonds is 4. The van der Waals surface area contributed by atoms with E-state index in [1.807, 2.05) is 12.4 Å². The van der Waals surface area contributed by atoms with E-state index in [9.17, 15) is 0 Å². The van der Waals surface area contributed by atoms with Crippen molar-refractivity contribution < 1.29 is 0 Å². The highest BCUT2D eigenvalue weighted by atomic mass is 15.3. The van der Waals surface area contributed by atoms with Gasteiger partial charge in [0.2, 0.25) is 0 Å². The Balaban J connectivity index is 2.06. The van der Waals surface area contributed by atoms with E-state index in [4.69, 9.17) is 5.73 Å². The van der Waals surface area contributed by atoms with E-state index in [2.05, 4.69) is 47.7 Å². The van der Waals surface area contributed by atoms with Crippen LogP contribution in [0.4, 0.5) is 0 Å². The molecule has 106 valence electrons. The van der Waals surface area contributed by atoms with Crippen LogP contribution in [0.25, 0.3) is 0 Å². The summed E-state index contributed by atoms with van der Waals surface area (Å²) in [4.78, 5) is 9.14. The van der Waals surface area contributed by atoms with Crippen LogP contribution >= 0.6 is 0 Å². The van der Waals surface area contributed by atoms with Gasteiger partial charge >= 0.3 is 0 Å². The number of nitrogens with zero attached hydrogens (tertiary/aromatic N) is 3. The van der Waals surface area contributed by atoms with Crippen LogP contribution in [-0.4, -0.2) is 53.0 Å². The van der Waals surface area contributed by atoms with Crippen LogP contribution in [0.1, 0.15) is 32.4 Å². The molecule has 0 radical (unpaired) electrons. The predicted molar refractivity (Wildman–Crippen MR) is 78.9 cm³/mol. The zero-order valence-electron chi connectivity index (χ0n) is 12.3. The molecule has 2 N–H and O–H groups in total. The van der Waals surface area contributed by atoms with Crippen LogP contribution in [0.15, 0.2) is 24.5 Å². The van der Waals surface area contributed by atoms with E-state index in [1.54, 1.807) is 0 Å². The molecule has 0 aromatic carbocycles. The average Bonchev–Trinajstić information content (AvgIpc) is 2.40. The second-order valence-electron chi connectivity index (χ2n) is 5.75. The molecule has 2 atom stereocenters. The summed E-state index contributed by atoms with van der Waals surface area (Å²) >= 11 is 0. The minimum atomic E-state index is 0.132. The van der Waals surface area contributed by atoms with Gasteiger partial charge in [0.25, 0.3) is 0 Å². The summed E-state index contributed by atoms with van der Waals surface area (Å²) in [6.07, 6.45) is 3.71. The second-order valence-corrected chi connectivity index (χ2v) is 5.75. The maximum absolute atomic E-state index is 6.22. The van der Waals surface area contributed by atoms with Crippen molar-refractivity contribution in [1.82, 2.24) is 14.8 Å². The van der Waals surface area contributed by atoms with Gasteiger partial charge in [0.05, 0.1) is 0 Å². The Morgan fingerprint density at radius 1 is 1.00 bits per heavy atom. The van der Waals surface area contributed by atoms with Crippen LogP contribution in [0.2, 0.25) is 0 Å². The number of aromatic nitrogens is 1. The van der Waals surface area contributed by atoms with Crippen molar-refractivity contribution in [2.45, 2.75) is 38.9 Å². The molecule has 0 saturated carbocycles. The molecule has 1 saturated heterocycles. The van der Waals surface area contributed by atoms with E-state index < -0.39 is 0 Å². The number of pyridine rings is 1. The molecule has 2 heterocycles. The Morgan fingerprint density at radius 2 is 1.53 bits per heavy atom. The summed E-state index contributed by atoms with van der Waals surface area (Å²) in [5, 5.41) is 0. The third-order valence-electron chi connectivity index (χ3n) is 4.02.